The first-order valence-corrected chi connectivity index (χ1v) is 4.68. The summed E-state index contributed by atoms with van der Waals surface area (Å²) in [5.41, 5.74) is 0. The fourth-order valence-electron chi connectivity index (χ4n) is 0.733. The third kappa shape index (κ3) is 2.17. The molecule has 0 radical (unpaired) electrons. The van der Waals surface area contributed by atoms with Gasteiger partial charge in [-0.1, -0.05) is 0 Å². The summed E-state index contributed by atoms with van der Waals surface area (Å²) in [6.07, 6.45) is 0. The molecular formula is C7H3Br2F3O. The van der Waals surface area contributed by atoms with Gasteiger partial charge in [0.25, 0.3) is 0 Å². The molecule has 0 aliphatic rings. The van der Waals surface area contributed by atoms with Crippen molar-refractivity contribution in [2.45, 2.75) is 0 Å². The van der Waals surface area contributed by atoms with Gasteiger partial charge < -0.3 is 4.74 Å². The van der Waals surface area contributed by atoms with E-state index in [4.69, 9.17) is 0 Å². The predicted molar refractivity (Wildman–Crippen MR) is 48.4 cm³/mol. The molecule has 0 heterocycles. The van der Waals surface area contributed by atoms with Crippen molar-refractivity contribution in [1.29, 1.82) is 0 Å². The lowest BCUT2D eigenvalue weighted by molar-refractivity contribution is 0.188. The molecule has 6 heteroatoms. The van der Waals surface area contributed by atoms with Gasteiger partial charge in [-0.15, -0.1) is 0 Å². The number of benzene rings is 1. The van der Waals surface area contributed by atoms with Gasteiger partial charge in [-0.3, -0.25) is 0 Å². The predicted octanol–water partition coefficient (Wildman–Crippen LogP) is 3.80. The lowest BCUT2D eigenvalue weighted by atomic mass is 10.3. The molecule has 1 aromatic rings. The maximum Gasteiger partial charge on any atom is 0.228 e. The van der Waals surface area contributed by atoms with E-state index >= 15 is 0 Å². The van der Waals surface area contributed by atoms with Crippen molar-refractivity contribution in [3.63, 3.8) is 0 Å². The Balaban J connectivity index is 3.28. The Morgan fingerprint density at radius 3 is 2.00 bits per heavy atom. The summed E-state index contributed by atoms with van der Waals surface area (Å²) < 4.78 is 41.6. The highest BCUT2D eigenvalue weighted by Crippen LogP contribution is 2.37. The van der Waals surface area contributed by atoms with Crippen LogP contribution in [0.15, 0.2) is 15.0 Å². The molecule has 0 aromatic heterocycles. The Kier molecular flexibility index (Phi) is 3.61. The van der Waals surface area contributed by atoms with Gasteiger partial charge in [-0.2, -0.15) is 0 Å². The third-order valence-electron chi connectivity index (χ3n) is 1.27. The molecule has 0 aliphatic carbocycles. The molecule has 0 atom stereocenters. The average Bonchev–Trinajstić information content (AvgIpc) is 2.09. The van der Waals surface area contributed by atoms with Gasteiger partial charge in [0.05, 0.1) is 8.95 Å². The van der Waals surface area contributed by atoms with Crippen molar-refractivity contribution in [3.05, 3.63) is 26.6 Å². The number of halogens is 5. The first-order valence-electron chi connectivity index (χ1n) is 3.09. The molecule has 13 heavy (non-hydrogen) atoms. The zero-order valence-electron chi connectivity index (χ0n) is 6.08. The SMILES string of the molecule is FCOc1c(Br)c(F)cc(F)c1Br. The minimum atomic E-state index is -1.15. The molecule has 72 valence electrons. The van der Waals surface area contributed by atoms with Crippen LogP contribution in [0.3, 0.4) is 0 Å². The Hall–Kier alpha value is -0.230. The van der Waals surface area contributed by atoms with Crippen molar-refractivity contribution in [2.24, 2.45) is 0 Å². The van der Waals surface area contributed by atoms with Crippen LogP contribution in [0.1, 0.15) is 0 Å². The topological polar surface area (TPSA) is 9.23 Å². The van der Waals surface area contributed by atoms with Gasteiger partial charge in [0.2, 0.25) is 6.86 Å². The standard InChI is InChI=1S/C7H3Br2F3O/c8-5-3(11)1-4(12)6(9)7(5)13-2-10/h1H,2H2. The van der Waals surface area contributed by atoms with Crippen LogP contribution in [0, 0.1) is 11.6 Å². The highest BCUT2D eigenvalue weighted by Gasteiger charge is 2.16. The summed E-state index contributed by atoms with van der Waals surface area (Å²) in [5.74, 6) is -1.91. The van der Waals surface area contributed by atoms with Crippen molar-refractivity contribution >= 4 is 31.9 Å². The minimum absolute atomic E-state index is 0.113. The minimum Gasteiger partial charge on any atom is -0.460 e. The first-order chi connectivity index (χ1) is 6.07. The first kappa shape index (κ1) is 10.8. The Labute approximate surface area is 89.1 Å². The molecule has 0 unspecified atom stereocenters. The van der Waals surface area contributed by atoms with Crippen LogP contribution in [0.5, 0.6) is 5.75 Å². The van der Waals surface area contributed by atoms with E-state index in [0.717, 1.165) is 0 Å². The molecular weight excluding hydrogens is 317 g/mol. The maximum absolute atomic E-state index is 12.8. The van der Waals surface area contributed by atoms with Gasteiger partial charge >= 0.3 is 0 Å². The van der Waals surface area contributed by atoms with E-state index in [9.17, 15) is 13.2 Å². The lowest BCUT2D eigenvalue weighted by Gasteiger charge is -2.07. The van der Waals surface area contributed by atoms with Gasteiger partial charge in [0, 0.05) is 6.07 Å². The van der Waals surface area contributed by atoms with E-state index in [-0.39, 0.29) is 14.7 Å². The van der Waals surface area contributed by atoms with Crippen LogP contribution >= 0.6 is 31.9 Å². The Morgan fingerprint density at radius 2 is 1.62 bits per heavy atom. The smallest absolute Gasteiger partial charge is 0.228 e. The molecule has 0 bridgehead atoms. The van der Waals surface area contributed by atoms with Crippen molar-refractivity contribution in [1.82, 2.24) is 0 Å². The van der Waals surface area contributed by atoms with E-state index in [1.54, 1.807) is 0 Å². The number of rotatable bonds is 2. The second-order valence-corrected chi connectivity index (χ2v) is 3.64. The van der Waals surface area contributed by atoms with Crippen LogP contribution < -0.4 is 4.74 Å². The molecule has 0 saturated carbocycles. The molecule has 1 rings (SSSR count). The van der Waals surface area contributed by atoms with E-state index in [1.165, 1.54) is 0 Å². The third-order valence-corrected chi connectivity index (χ3v) is 2.75. The molecule has 0 fully saturated rings. The summed E-state index contributed by atoms with van der Waals surface area (Å²) in [5, 5.41) is 0. The van der Waals surface area contributed by atoms with E-state index in [0.29, 0.717) is 6.07 Å². The summed E-state index contributed by atoms with van der Waals surface area (Å²) in [7, 11) is 0. The van der Waals surface area contributed by atoms with Crippen LogP contribution in [-0.4, -0.2) is 6.86 Å². The summed E-state index contributed by atoms with van der Waals surface area (Å²) in [6.45, 7) is -1.15. The zero-order chi connectivity index (χ0) is 10.0. The van der Waals surface area contributed by atoms with E-state index in [1.807, 2.05) is 0 Å². The highest BCUT2D eigenvalue weighted by molar-refractivity contribution is 9.11. The monoisotopic (exact) mass is 318 g/mol. The molecule has 0 spiro atoms. The molecule has 0 aliphatic heterocycles. The molecule has 0 saturated heterocycles. The van der Waals surface area contributed by atoms with Gasteiger partial charge in [0.1, 0.15) is 11.6 Å². The fourth-order valence-corrected chi connectivity index (χ4v) is 1.85. The quantitative estimate of drug-likeness (QED) is 0.753. The Morgan fingerprint density at radius 1 is 1.15 bits per heavy atom. The van der Waals surface area contributed by atoms with Crippen molar-refractivity contribution in [3.8, 4) is 5.75 Å². The number of hydrogen-bond donors (Lipinski definition) is 0. The lowest BCUT2D eigenvalue weighted by Crippen LogP contribution is -1.96. The van der Waals surface area contributed by atoms with E-state index in [2.05, 4.69) is 36.6 Å². The molecule has 1 nitrogen and oxygen atoms in total. The van der Waals surface area contributed by atoms with Gasteiger partial charge in [-0.25, -0.2) is 13.2 Å². The van der Waals surface area contributed by atoms with E-state index < -0.39 is 18.5 Å². The van der Waals surface area contributed by atoms with Crippen LogP contribution in [0.2, 0.25) is 0 Å². The second kappa shape index (κ2) is 4.32. The normalized spacial score (nSPS) is 10.2. The number of alkyl halides is 1. The van der Waals surface area contributed by atoms with Crippen LogP contribution in [-0.2, 0) is 0 Å². The van der Waals surface area contributed by atoms with Crippen molar-refractivity contribution < 1.29 is 17.9 Å². The second-order valence-electron chi connectivity index (χ2n) is 2.05. The summed E-state index contributed by atoms with van der Waals surface area (Å²) in [6, 6.07) is 0.666. The number of hydrogen-bond acceptors (Lipinski definition) is 1. The van der Waals surface area contributed by atoms with Gasteiger partial charge in [-0.05, 0) is 31.9 Å². The molecule has 0 N–H and O–H groups in total. The van der Waals surface area contributed by atoms with Gasteiger partial charge in [0.15, 0.2) is 5.75 Å². The summed E-state index contributed by atoms with van der Waals surface area (Å²) in [4.78, 5) is 0. The summed E-state index contributed by atoms with van der Waals surface area (Å²) >= 11 is 5.61. The largest absolute Gasteiger partial charge is 0.460 e. The maximum atomic E-state index is 12.8. The zero-order valence-corrected chi connectivity index (χ0v) is 9.25. The van der Waals surface area contributed by atoms with Crippen LogP contribution in [0.25, 0.3) is 0 Å². The average molecular weight is 320 g/mol. The molecule has 0 amide bonds. The van der Waals surface area contributed by atoms with Crippen LogP contribution in [0.4, 0.5) is 13.2 Å². The highest BCUT2D eigenvalue weighted by atomic mass is 79.9. The molecule has 1 aromatic carbocycles. The number of ether oxygens (including phenoxy) is 1. The fraction of sp³-hybridized carbons (Fsp3) is 0.143. The Bertz CT molecular complexity index is 304. The van der Waals surface area contributed by atoms with Crippen molar-refractivity contribution in [2.75, 3.05) is 6.86 Å².